The Balaban J connectivity index is 1.29. The van der Waals surface area contributed by atoms with Crippen LogP contribution in [0.3, 0.4) is 0 Å². The fraction of sp³-hybridized carbons (Fsp3) is 0.462. The number of para-hydroxylation sites is 2. The van der Waals surface area contributed by atoms with Gasteiger partial charge in [0, 0.05) is 43.5 Å². The normalized spacial score (nSPS) is 20.4. The van der Waals surface area contributed by atoms with E-state index < -0.39 is 0 Å². The molecule has 1 saturated carbocycles. The number of fused-ring (bicyclic) bond motifs is 1. The minimum atomic E-state index is 0.120. The standard InChI is InChI=1S/C26H32N4O/c1-19-27-24-10-6-7-11-25(24)30(19)22-14-12-20(13-15-22)26(31)28(2)23-16-17-29(18-23)21-8-4-3-5-9-21/h6-7,10-15,21,23H,3-5,8-9,16-18H2,1-2H3. The van der Waals surface area contributed by atoms with Crippen molar-refractivity contribution in [2.75, 3.05) is 20.1 Å². The molecule has 5 heteroatoms. The Morgan fingerprint density at radius 1 is 1.00 bits per heavy atom. The first kappa shape index (κ1) is 20.3. The van der Waals surface area contributed by atoms with Crippen LogP contribution < -0.4 is 0 Å². The maximum atomic E-state index is 13.2. The minimum Gasteiger partial charge on any atom is -0.337 e. The van der Waals surface area contributed by atoms with Crippen LogP contribution >= 0.6 is 0 Å². The lowest BCUT2D eigenvalue weighted by molar-refractivity contribution is 0.0726. The molecule has 2 heterocycles. The molecule has 1 aliphatic heterocycles. The van der Waals surface area contributed by atoms with Crippen LogP contribution in [-0.2, 0) is 0 Å². The molecule has 1 atom stereocenters. The monoisotopic (exact) mass is 416 g/mol. The molecule has 1 unspecified atom stereocenters. The zero-order chi connectivity index (χ0) is 21.4. The fourth-order valence-electron chi connectivity index (χ4n) is 5.46. The summed E-state index contributed by atoms with van der Waals surface area (Å²) in [6.45, 7) is 4.16. The average Bonchev–Trinajstić information content (AvgIpc) is 3.43. The average molecular weight is 417 g/mol. The molecular formula is C26H32N4O. The number of likely N-dealkylation sites (tertiary alicyclic amines) is 1. The molecule has 1 amide bonds. The summed E-state index contributed by atoms with van der Waals surface area (Å²) in [5.41, 5.74) is 3.87. The van der Waals surface area contributed by atoms with Crippen LogP contribution in [0.25, 0.3) is 16.7 Å². The molecule has 0 bridgehead atoms. The highest BCUT2D eigenvalue weighted by Crippen LogP contribution is 2.28. The van der Waals surface area contributed by atoms with E-state index in [0.717, 1.165) is 53.7 Å². The van der Waals surface area contributed by atoms with Crippen molar-refractivity contribution in [3.05, 3.63) is 59.9 Å². The van der Waals surface area contributed by atoms with Gasteiger partial charge in [-0.2, -0.15) is 0 Å². The van der Waals surface area contributed by atoms with Crippen LogP contribution in [0.2, 0.25) is 0 Å². The van der Waals surface area contributed by atoms with Crippen LogP contribution in [0.1, 0.15) is 54.7 Å². The second-order valence-electron chi connectivity index (χ2n) is 9.18. The fourth-order valence-corrected chi connectivity index (χ4v) is 5.46. The molecule has 0 N–H and O–H groups in total. The molecule has 0 spiro atoms. The SMILES string of the molecule is Cc1nc2ccccc2n1-c1ccc(C(=O)N(C)C2CCN(C3CCCCC3)C2)cc1. The maximum Gasteiger partial charge on any atom is 0.253 e. The van der Waals surface area contributed by atoms with Gasteiger partial charge >= 0.3 is 0 Å². The predicted molar refractivity (Wildman–Crippen MR) is 125 cm³/mol. The van der Waals surface area contributed by atoms with Crippen molar-refractivity contribution >= 4 is 16.9 Å². The van der Waals surface area contributed by atoms with Gasteiger partial charge in [0.05, 0.1) is 11.0 Å². The highest BCUT2D eigenvalue weighted by molar-refractivity contribution is 5.94. The van der Waals surface area contributed by atoms with E-state index in [-0.39, 0.29) is 5.91 Å². The third-order valence-corrected chi connectivity index (χ3v) is 7.25. The van der Waals surface area contributed by atoms with Crippen LogP contribution in [0.4, 0.5) is 0 Å². The molecule has 2 aliphatic rings. The van der Waals surface area contributed by atoms with Gasteiger partial charge in [0.15, 0.2) is 0 Å². The number of rotatable bonds is 4. The lowest BCUT2D eigenvalue weighted by atomic mass is 9.94. The number of hydrogen-bond donors (Lipinski definition) is 0. The zero-order valence-electron chi connectivity index (χ0n) is 18.6. The van der Waals surface area contributed by atoms with Crippen molar-refractivity contribution in [2.24, 2.45) is 0 Å². The molecule has 1 aliphatic carbocycles. The number of aryl methyl sites for hydroxylation is 1. The summed E-state index contributed by atoms with van der Waals surface area (Å²) in [5.74, 6) is 1.07. The summed E-state index contributed by atoms with van der Waals surface area (Å²) >= 11 is 0. The number of imidazole rings is 1. The Bertz CT molecular complexity index is 1060. The number of likely N-dealkylation sites (N-methyl/N-ethyl adjacent to an activating group) is 1. The Kier molecular flexibility index (Phi) is 5.53. The molecule has 2 aromatic carbocycles. The Morgan fingerprint density at radius 2 is 1.74 bits per heavy atom. The molecule has 2 fully saturated rings. The maximum absolute atomic E-state index is 13.2. The minimum absolute atomic E-state index is 0.120. The molecule has 31 heavy (non-hydrogen) atoms. The highest BCUT2D eigenvalue weighted by Gasteiger charge is 2.32. The largest absolute Gasteiger partial charge is 0.337 e. The summed E-state index contributed by atoms with van der Waals surface area (Å²) in [6, 6.07) is 17.2. The summed E-state index contributed by atoms with van der Waals surface area (Å²) in [7, 11) is 1.97. The van der Waals surface area contributed by atoms with Gasteiger partial charge in [0.1, 0.15) is 5.82 Å². The van der Waals surface area contributed by atoms with E-state index in [9.17, 15) is 4.79 Å². The quantitative estimate of drug-likeness (QED) is 0.613. The van der Waals surface area contributed by atoms with Gasteiger partial charge in [0.2, 0.25) is 0 Å². The van der Waals surface area contributed by atoms with E-state index in [2.05, 4.69) is 20.5 Å². The lowest BCUT2D eigenvalue weighted by Gasteiger charge is -2.32. The van der Waals surface area contributed by atoms with Crippen molar-refractivity contribution in [2.45, 2.75) is 57.5 Å². The highest BCUT2D eigenvalue weighted by atomic mass is 16.2. The molecule has 5 nitrogen and oxygen atoms in total. The molecule has 162 valence electrons. The van der Waals surface area contributed by atoms with Crippen LogP contribution in [-0.4, -0.2) is 57.5 Å². The number of carbonyl (C=O) groups excluding carboxylic acids is 1. The van der Waals surface area contributed by atoms with E-state index >= 15 is 0 Å². The third-order valence-electron chi connectivity index (χ3n) is 7.25. The van der Waals surface area contributed by atoms with Gasteiger partial charge in [-0.25, -0.2) is 4.98 Å². The molecule has 1 saturated heterocycles. The third kappa shape index (κ3) is 3.87. The van der Waals surface area contributed by atoms with E-state index in [1.54, 1.807) is 0 Å². The Morgan fingerprint density at radius 3 is 2.52 bits per heavy atom. The lowest BCUT2D eigenvalue weighted by Crippen LogP contribution is -2.41. The topological polar surface area (TPSA) is 41.4 Å². The van der Waals surface area contributed by atoms with Crippen LogP contribution in [0.15, 0.2) is 48.5 Å². The number of nitrogens with zero attached hydrogens (tertiary/aromatic N) is 4. The molecule has 1 aromatic heterocycles. The van der Waals surface area contributed by atoms with Crippen molar-refractivity contribution in [1.29, 1.82) is 0 Å². The molecule has 0 radical (unpaired) electrons. The molecule has 5 rings (SSSR count). The van der Waals surface area contributed by atoms with Gasteiger partial charge in [-0.15, -0.1) is 0 Å². The van der Waals surface area contributed by atoms with Gasteiger partial charge in [-0.3, -0.25) is 14.3 Å². The Hall–Kier alpha value is -2.66. The number of amides is 1. The zero-order valence-corrected chi connectivity index (χ0v) is 18.6. The number of carbonyl (C=O) groups is 1. The van der Waals surface area contributed by atoms with Crippen molar-refractivity contribution in [3.63, 3.8) is 0 Å². The van der Waals surface area contributed by atoms with Crippen LogP contribution in [0.5, 0.6) is 0 Å². The van der Waals surface area contributed by atoms with E-state index in [4.69, 9.17) is 0 Å². The first-order valence-electron chi connectivity index (χ1n) is 11.7. The van der Waals surface area contributed by atoms with Gasteiger partial charge < -0.3 is 4.90 Å². The van der Waals surface area contributed by atoms with Gasteiger partial charge in [-0.1, -0.05) is 31.4 Å². The summed E-state index contributed by atoms with van der Waals surface area (Å²) in [5, 5.41) is 0. The van der Waals surface area contributed by atoms with Crippen molar-refractivity contribution in [3.8, 4) is 5.69 Å². The van der Waals surface area contributed by atoms with Crippen LogP contribution in [0, 0.1) is 6.92 Å². The first-order valence-corrected chi connectivity index (χ1v) is 11.7. The molecular weight excluding hydrogens is 384 g/mol. The van der Waals surface area contributed by atoms with E-state index in [0.29, 0.717) is 6.04 Å². The van der Waals surface area contributed by atoms with Crippen molar-refractivity contribution in [1.82, 2.24) is 19.4 Å². The smallest absolute Gasteiger partial charge is 0.253 e. The van der Waals surface area contributed by atoms with Crippen molar-refractivity contribution < 1.29 is 4.79 Å². The molecule has 3 aromatic rings. The summed E-state index contributed by atoms with van der Waals surface area (Å²) < 4.78 is 2.15. The predicted octanol–water partition coefficient (Wildman–Crippen LogP) is 4.81. The number of benzene rings is 2. The summed E-state index contributed by atoms with van der Waals surface area (Å²) in [6.07, 6.45) is 7.84. The first-order chi connectivity index (χ1) is 15.1. The number of hydrogen-bond acceptors (Lipinski definition) is 3. The Labute approximate surface area is 184 Å². The second-order valence-corrected chi connectivity index (χ2v) is 9.18. The summed E-state index contributed by atoms with van der Waals surface area (Å²) in [4.78, 5) is 22.4. The number of aromatic nitrogens is 2. The van der Waals surface area contributed by atoms with Gasteiger partial charge in [0.25, 0.3) is 5.91 Å². The van der Waals surface area contributed by atoms with Gasteiger partial charge in [-0.05, 0) is 62.6 Å². The second kappa shape index (κ2) is 8.46. The van der Waals surface area contributed by atoms with E-state index in [1.807, 2.05) is 61.3 Å². The van der Waals surface area contributed by atoms with E-state index in [1.165, 1.54) is 32.1 Å².